The number of tetrazole rings is 1. The predicted molar refractivity (Wildman–Crippen MR) is 102 cm³/mol. The van der Waals surface area contributed by atoms with E-state index >= 15 is 0 Å². The fraction of sp³-hybridized carbons (Fsp3) is 0.167. The largest absolute Gasteiger partial charge is 0.435 e. The van der Waals surface area contributed by atoms with Crippen LogP contribution in [0.15, 0.2) is 58.2 Å². The molecule has 14 heteroatoms. The Kier molecular flexibility index (Phi) is 6.49. The molecular formula is C18H12F4N6O3S. The quantitative estimate of drug-likeness (QED) is 0.264. The number of alkyl halides is 4. The minimum atomic E-state index is -2.91. The van der Waals surface area contributed by atoms with Crippen molar-refractivity contribution in [2.45, 2.75) is 24.2 Å². The second-order valence-electron chi connectivity index (χ2n) is 5.94. The van der Waals surface area contributed by atoms with Gasteiger partial charge in [-0.2, -0.15) is 22.2 Å². The van der Waals surface area contributed by atoms with E-state index in [-0.39, 0.29) is 28.4 Å². The van der Waals surface area contributed by atoms with Crippen LogP contribution >= 0.6 is 11.8 Å². The van der Waals surface area contributed by atoms with Gasteiger partial charge in [-0.05, 0) is 59.0 Å². The number of benzene rings is 2. The smallest absolute Gasteiger partial charge is 0.387 e. The lowest BCUT2D eigenvalue weighted by Gasteiger charge is -2.06. The third-order valence-corrected chi connectivity index (χ3v) is 4.71. The summed E-state index contributed by atoms with van der Waals surface area (Å²) in [5.41, 5.74) is 1.08. The fourth-order valence-corrected chi connectivity index (χ4v) is 3.22. The molecule has 2 aromatic carbocycles. The van der Waals surface area contributed by atoms with Gasteiger partial charge in [0.1, 0.15) is 11.5 Å². The van der Waals surface area contributed by atoms with Crippen molar-refractivity contribution >= 4 is 11.8 Å². The Morgan fingerprint density at radius 2 is 1.47 bits per heavy atom. The topological polar surface area (TPSA) is 101 Å². The van der Waals surface area contributed by atoms with Crippen LogP contribution in [0.4, 0.5) is 17.6 Å². The molecule has 0 spiro atoms. The monoisotopic (exact) mass is 468 g/mol. The lowest BCUT2D eigenvalue weighted by Crippen LogP contribution is -2.04. The summed E-state index contributed by atoms with van der Waals surface area (Å²) >= 11 is 1.17. The second-order valence-corrected chi connectivity index (χ2v) is 6.87. The number of halogens is 4. The molecule has 0 atom stereocenters. The number of ether oxygens (including phenoxy) is 2. The van der Waals surface area contributed by atoms with Crippen molar-refractivity contribution in [2.75, 3.05) is 0 Å². The standard InChI is InChI=1S/C18H12F4N6O3S/c19-16(20)29-12-5-1-10(2-6-12)15-24-25-18(31-15)32-9-14-23-26-27-28(14)11-3-7-13(8-4-11)30-17(21)22/h1-8,16-17H,9H2. The van der Waals surface area contributed by atoms with E-state index in [0.29, 0.717) is 17.1 Å². The first-order valence-corrected chi connectivity index (χ1v) is 9.80. The van der Waals surface area contributed by atoms with Crippen molar-refractivity contribution in [3.8, 4) is 28.6 Å². The summed E-state index contributed by atoms with van der Waals surface area (Å²) in [5, 5.41) is 19.6. The van der Waals surface area contributed by atoms with Crippen LogP contribution in [0.3, 0.4) is 0 Å². The molecule has 0 saturated heterocycles. The number of rotatable bonds is 9. The Morgan fingerprint density at radius 1 is 0.844 bits per heavy atom. The Morgan fingerprint density at radius 3 is 2.09 bits per heavy atom. The average molecular weight is 468 g/mol. The molecular weight excluding hydrogens is 456 g/mol. The molecule has 0 N–H and O–H groups in total. The SMILES string of the molecule is FC(F)Oc1ccc(-c2nnc(SCc3nnnn3-c3ccc(OC(F)F)cc3)o2)cc1. The highest BCUT2D eigenvalue weighted by Crippen LogP contribution is 2.27. The average Bonchev–Trinajstić information content (AvgIpc) is 3.42. The summed E-state index contributed by atoms with van der Waals surface area (Å²) in [5.74, 6) is 0.944. The molecule has 0 saturated carbocycles. The molecule has 0 aliphatic carbocycles. The number of hydrogen-bond donors (Lipinski definition) is 0. The van der Waals surface area contributed by atoms with Crippen LogP contribution in [0.1, 0.15) is 5.82 Å². The van der Waals surface area contributed by atoms with E-state index in [0.717, 1.165) is 0 Å². The van der Waals surface area contributed by atoms with Crippen molar-refractivity contribution in [1.82, 2.24) is 30.4 Å². The minimum Gasteiger partial charge on any atom is -0.435 e. The summed E-state index contributed by atoms with van der Waals surface area (Å²) in [4.78, 5) is 0. The molecule has 4 rings (SSSR count). The predicted octanol–water partition coefficient (Wildman–Crippen LogP) is 4.21. The fourth-order valence-electron chi connectivity index (χ4n) is 2.56. The van der Waals surface area contributed by atoms with Gasteiger partial charge < -0.3 is 13.9 Å². The highest BCUT2D eigenvalue weighted by Gasteiger charge is 2.14. The summed E-state index contributed by atoms with van der Waals surface area (Å²) < 4.78 is 64.6. The van der Waals surface area contributed by atoms with Crippen LogP contribution in [-0.2, 0) is 5.75 Å². The van der Waals surface area contributed by atoms with Crippen LogP contribution < -0.4 is 9.47 Å². The normalized spacial score (nSPS) is 11.3. The third-order valence-electron chi connectivity index (χ3n) is 3.90. The maximum absolute atomic E-state index is 12.3. The van der Waals surface area contributed by atoms with Crippen molar-refractivity contribution in [1.29, 1.82) is 0 Å². The molecule has 166 valence electrons. The zero-order chi connectivity index (χ0) is 22.5. The Labute approximate surface area is 181 Å². The number of aromatic nitrogens is 6. The number of nitrogens with zero attached hydrogens (tertiary/aromatic N) is 6. The molecule has 0 bridgehead atoms. The second kappa shape index (κ2) is 9.64. The van der Waals surface area contributed by atoms with Crippen molar-refractivity contribution in [3.63, 3.8) is 0 Å². The molecule has 0 aliphatic heterocycles. The van der Waals surface area contributed by atoms with Crippen LogP contribution in [0.25, 0.3) is 17.1 Å². The lowest BCUT2D eigenvalue weighted by atomic mass is 10.2. The van der Waals surface area contributed by atoms with E-state index in [1.165, 1.54) is 65.0 Å². The minimum absolute atomic E-state index is 0.0125. The van der Waals surface area contributed by atoms with E-state index in [4.69, 9.17) is 4.42 Å². The Hall–Kier alpha value is -3.68. The molecule has 2 aromatic heterocycles. The summed E-state index contributed by atoms with van der Waals surface area (Å²) in [6, 6.07) is 11.6. The van der Waals surface area contributed by atoms with Gasteiger partial charge in [-0.3, -0.25) is 0 Å². The highest BCUT2D eigenvalue weighted by molar-refractivity contribution is 7.98. The van der Waals surface area contributed by atoms with Crippen LogP contribution in [0, 0.1) is 0 Å². The summed E-state index contributed by atoms with van der Waals surface area (Å²) in [6.07, 6.45) is 0. The molecule has 0 aliphatic rings. The first-order valence-electron chi connectivity index (χ1n) is 8.82. The van der Waals surface area contributed by atoms with Gasteiger partial charge in [0.15, 0.2) is 5.82 Å². The van der Waals surface area contributed by atoms with E-state index in [1.807, 2.05) is 0 Å². The third kappa shape index (κ3) is 5.32. The Balaban J connectivity index is 1.40. The van der Waals surface area contributed by atoms with Gasteiger partial charge in [0.25, 0.3) is 5.22 Å². The van der Waals surface area contributed by atoms with E-state index in [2.05, 4.69) is 35.2 Å². The van der Waals surface area contributed by atoms with Crippen LogP contribution in [-0.4, -0.2) is 43.6 Å². The number of thioether (sulfide) groups is 1. The van der Waals surface area contributed by atoms with Gasteiger partial charge in [0, 0.05) is 5.56 Å². The molecule has 0 unspecified atom stereocenters. The van der Waals surface area contributed by atoms with E-state index in [9.17, 15) is 17.6 Å². The molecule has 0 radical (unpaired) electrons. The van der Waals surface area contributed by atoms with Crippen LogP contribution in [0.5, 0.6) is 11.5 Å². The zero-order valence-corrected chi connectivity index (χ0v) is 16.6. The van der Waals surface area contributed by atoms with Gasteiger partial charge >= 0.3 is 13.2 Å². The molecule has 9 nitrogen and oxygen atoms in total. The van der Waals surface area contributed by atoms with Crippen molar-refractivity contribution < 1.29 is 31.5 Å². The van der Waals surface area contributed by atoms with Crippen LogP contribution in [0.2, 0.25) is 0 Å². The van der Waals surface area contributed by atoms with E-state index < -0.39 is 13.2 Å². The van der Waals surface area contributed by atoms with Gasteiger partial charge in [-0.15, -0.1) is 15.3 Å². The first kappa shape index (κ1) is 21.5. The summed E-state index contributed by atoms with van der Waals surface area (Å²) in [6.45, 7) is -5.82. The van der Waals surface area contributed by atoms with Gasteiger partial charge in [-0.1, -0.05) is 11.8 Å². The van der Waals surface area contributed by atoms with Gasteiger partial charge in [0.2, 0.25) is 5.89 Å². The first-order chi connectivity index (χ1) is 15.5. The highest BCUT2D eigenvalue weighted by atomic mass is 32.2. The van der Waals surface area contributed by atoms with Crippen molar-refractivity contribution in [3.05, 3.63) is 54.4 Å². The molecule has 32 heavy (non-hydrogen) atoms. The maximum atomic E-state index is 12.3. The lowest BCUT2D eigenvalue weighted by molar-refractivity contribution is -0.0505. The maximum Gasteiger partial charge on any atom is 0.387 e. The van der Waals surface area contributed by atoms with Gasteiger partial charge in [0.05, 0.1) is 11.4 Å². The molecule has 0 fully saturated rings. The molecule has 4 aromatic rings. The Bertz CT molecular complexity index is 1150. The zero-order valence-electron chi connectivity index (χ0n) is 15.8. The molecule has 2 heterocycles. The number of hydrogen-bond acceptors (Lipinski definition) is 9. The van der Waals surface area contributed by atoms with Crippen molar-refractivity contribution in [2.24, 2.45) is 0 Å². The van der Waals surface area contributed by atoms with Gasteiger partial charge in [-0.25, -0.2) is 0 Å². The van der Waals surface area contributed by atoms with E-state index in [1.54, 1.807) is 0 Å². The summed E-state index contributed by atoms with van der Waals surface area (Å²) in [7, 11) is 0. The molecule has 0 amide bonds.